The number of hydrogen-bond donors (Lipinski definition) is 2. The van der Waals surface area contributed by atoms with Crippen LogP contribution in [0, 0.1) is 0 Å². The predicted molar refractivity (Wildman–Crippen MR) is 116 cm³/mol. The maximum absolute atomic E-state index is 6.14. The molecule has 3 heterocycles. The Morgan fingerprint density at radius 1 is 1.16 bits per heavy atom. The first-order chi connectivity index (χ1) is 15.2. The molecule has 1 saturated heterocycles. The molecule has 1 saturated carbocycles. The summed E-state index contributed by atoms with van der Waals surface area (Å²) in [5, 5.41) is 3.43. The summed E-state index contributed by atoms with van der Waals surface area (Å²) in [6.07, 6.45) is 8.26. The van der Waals surface area contributed by atoms with Crippen LogP contribution in [-0.4, -0.2) is 71.8 Å². The lowest BCUT2D eigenvalue weighted by molar-refractivity contribution is 0.121. The van der Waals surface area contributed by atoms with E-state index in [2.05, 4.69) is 35.1 Å². The van der Waals surface area contributed by atoms with E-state index in [0.717, 1.165) is 50.4 Å². The normalized spacial score (nSPS) is 21.8. The van der Waals surface area contributed by atoms with Crippen molar-refractivity contribution in [1.29, 1.82) is 0 Å². The Morgan fingerprint density at radius 2 is 1.97 bits per heavy atom. The van der Waals surface area contributed by atoms with Crippen LogP contribution in [0.3, 0.4) is 0 Å². The van der Waals surface area contributed by atoms with E-state index in [-0.39, 0.29) is 6.10 Å². The second-order valence-electron chi connectivity index (χ2n) is 7.42. The van der Waals surface area contributed by atoms with Gasteiger partial charge in [0, 0.05) is 25.2 Å². The number of aliphatic imine (C=N–C) groups is 1. The minimum absolute atomic E-state index is 0.0506. The van der Waals surface area contributed by atoms with Crippen molar-refractivity contribution in [3.8, 4) is 11.9 Å². The number of rotatable bonds is 7. The topological polar surface area (TPSA) is 133 Å². The molecule has 0 aromatic carbocycles. The summed E-state index contributed by atoms with van der Waals surface area (Å²) >= 11 is 0. The highest BCUT2D eigenvalue weighted by Crippen LogP contribution is 2.27. The maximum Gasteiger partial charge on any atom is 0.320 e. The molecule has 166 valence electrons. The molecule has 2 aliphatic rings. The van der Waals surface area contributed by atoms with Gasteiger partial charge in [-0.1, -0.05) is 0 Å². The van der Waals surface area contributed by atoms with Crippen LogP contribution in [0.5, 0.6) is 11.9 Å². The number of morpholine rings is 1. The Balaban J connectivity index is 1.35. The number of anilines is 2. The fourth-order valence-corrected chi connectivity index (χ4v) is 3.73. The first kappa shape index (κ1) is 21.0. The molecule has 0 unspecified atom stereocenters. The van der Waals surface area contributed by atoms with Gasteiger partial charge in [0.15, 0.2) is 5.82 Å². The van der Waals surface area contributed by atoms with Crippen LogP contribution in [0.2, 0.25) is 0 Å². The van der Waals surface area contributed by atoms with Crippen molar-refractivity contribution in [3.63, 3.8) is 0 Å². The molecule has 31 heavy (non-hydrogen) atoms. The standard InChI is InChI=1S/C20H28N8O3/c1-29-19-12-22-17(11-23-19)25-14-2-4-15(5-3-14)31-20-26-16(24-13-21)10-18(27-20)28-6-8-30-9-7-28/h10-15H,2-9H2,1H3,(H,22,25)(H2,21,24,26,27). The van der Waals surface area contributed by atoms with E-state index in [1.807, 2.05) is 6.07 Å². The molecular formula is C20H28N8O3. The van der Waals surface area contributed by atoms with Crippen LogP contribution in [0.15, 0.2) is 23.5 Å². The molecule has 0 amide bonds. The molecule has 0 atom stereocenters. The lowest BCUT2D eigenvalue weighted by atomic mass is 9.93. The number of nitrogens with zero attached hydrogens (tertiary/aromatic N) is 6. The minimum atomic E-state index is 0.0506. The average molecular weight is 428 g/mol. The molecule has 3 N–H and O–H groups in total. The molecule has 11 nitrogen and oxygen atoms in total. The van der Waals surface area contributed by atoms with Crippen molar-refractivity contribution < 1.29 is 14.2 Å². The number of aromatic nitrogens is 4. The fraction of sp³-hybridized carbons (Fsp3) is 0.550. The summed E-state index contributed by atoms with van der Waals surface area (Å²) in [6, 6.07) is 2.47. The van der Waals surface area contributed by atoms with Gasteiger partial charge in [0.2, 0.25) is 5.88 Å². The van der Waals surface area contributed by atoms with Crippen molar-refractivity contribution in [1.82, 2.24) is 19.9 Å². The van der Waals surface area contributed by atoms with Crippen LogP contribution in [-0.2, 0) is 4.74 Å². The van der Waals surface area contributed by atoms with Crippen molar-refractivity contribution in [2.75, 3.05) is 43.6 Å². The first-order valence-electron chi connectivity index (χ1n) is 10.5. The van der Waals surface area contributed by atoms with Gasteiger partial charge in [0.05, 0.1) is 39.1 Å². The Labute approximate surface area is 181 Å². The van der Waals surface area contributed by atoms with Gasteiger partial charge < -0.3 is 30.2 Å². The van der Waals surface area contributed by atoms with Gasteiger partial charge in [-0.15, -0.1) is 0 Å². The van der Waals surface area contributed by atoms with Gasteiger partial charge in [-0.2, -0.15) is 9.97 Å². The van der Waals surface area contributed by atoms with Gasteiger partial charge in [-0.05, 0) is 25.7 Å². The van der Waals surface area contributed by atoms with E-state index in [0.29, 0.717) is 37.0 Å². The third-order valence-corrected chi connectivity index (χ3v) is 5.36. The van der Waals surface area contributed by atoms with Gasteiger partial charge >= 0.3 is 6.01 Å². The second kappa shape index (κ2) is 10.2. The molecular weight excluding hydrogens is 400 g/mol. The summed E-state index contributed by atoms with van der Waals surface area (Å²) in [5.41, 5.74) is 5.47. The zero-order valence-electron chi connectivity index (χ0n) is 17.6. The van der Waals surface area contributed by atoms with Crippen molar-refractivity contribution in [2.45, 2.75) is 37.8 Å². The van der Waals surface area contributed by atoms with E-state index in [1.54, 1.807) is 19.5 Å². The highest BCUT2D eigenvalue weighted by Gasteiger charge is 2.24. The maximum atomic E-state index is 6.14. The largest absolute Gasteiger partial charge is 0.480 e. The molecule has 1 aliphatic carbocycles. The van der Waals surface area contributed by atoms with Crippen LogP contribution >= 0.6 is 0 Å². The molecule has 0 bridgehead atoms. The SMILES string of the molecule is COc1cnc(NC2CCC(Oc3nc(/N=C\N)cc(N4CCOCC4)n3)CC2)cn1. The average Bonchev–Trinajstić information content (AvgIpc) is 2.81. The zero-order chi connectivity index (χ0) is 21.5. The summed E-state index contributed by atoms with van der Waals surface area (Å²) in [7, 11) is 1.57. The van der Waals surface area contributed by atoms with E-state index in [4.69, 9.17) is 19.9 Å². The van der Waals surface area contributed by atoms with Crippen LogP contribution in [0.1, 0.15) is 25.7 Å². The Hall–Kier alpha value is -3.21. The lowest BCUT2D eigenvalue weighted by Crippen LogP contribution is -2.37. The van der Waals surface area contributed by atoms with Gasteiger partial charge in [0.25, 0.3) is 0 Å². The summed E-state index contributed by atoms with van der Waals surface area (Å²) < 4.78 is 16.6. The molecule has 11 heteroatoms. The summed E-state index contributed by atoms with van der Waals surface area (Å²) in [4.78, 5) is 23.8. The smallest absolute Gasteiger partial charge is 0.320 e. The van der Waals surface area contributed by atoms with E-state index >= 15 is 0 Å². The quantitative estimate of drug-likeness (QED) is 0.494. The highest BCUT2D eigenvalue weighted by molar-refractivity contribution is 5.59. The molecule has 1 aliphatic heterocycles. The third-order valence-electron chi connectivity index (χ3n) is 5.36. The molecule has 2 aromatic rings. The molecule has 4 rings (SSSR count). The number of ether oxygens (including phenoxy) is 3. The Morgan fingerprint density at radius 3 is 2.65 bits per heavy atom. The van der Waals surface area contributed by atoms with E-state index < -0.39 is 0 Å². The predicted octanol–water partition coefficient (Wildman–Crippen LogP) is 1.53. The van der Waals surface area contributed by atoms with E-state index in [9.17, 15) is 0 Å². The van der Waals surface area contributed by atoms with Crippen molar-refractivity contribution in [3.05, 3.63) is 18.5 Å². The number of hydrogen-bond acceptors (Lipinski definition) is 10. The summed E-state index contributed by atoms with van der Waals surface area (Å²) in [5.74, 6) is 2.51. The number of nitrogens with one attached hydrogen (secondary N) is 1. The highest BCUT2D eigenvalue weighted by atomic mass is 16.5. The van der Waals surface area contributed by atoms with Gasteiger partial charge in [0.1, 0.15) is 17.7 Å². The van der Waals surface area contributed by atoms with E-state index in [1.165, 1.54) is 6.34 Å². The van der Waals surface area contributed by atoms with Crippen LogP contribution < -0.4 is 25.4 Å². The minimum Gasteiger partial charge on any atom is -0.480 e. The third kappa shape index (κ3) is 5.69. The number of nitrogens with two attached hydrogens (primary N) is 1. The second-order valence-corrected chi connectivity index (χ2v) is 7.42. The van der Waals surface area contributed by atoms with Crippen LogP contribution in [0.25, 0.3) is 0 Å². The zero-order valence-corrected chi connectivity index (χ0v) is 17.6. The molecule has 2 aromatic heterocycles. The number of methoxy groups -OCH3 is 1. The molecule has 2 fully saturated rings. The van der Waals surface area contributed by atoms with Crippen molar-refractivity contribution >= 4 is 23.8 Å². The summed E-state index contributed by atoms with van der Waals surface area (Å²) in [6.45, 7) is 2.89. The Kier molecular flexibility index (Phi) is 6.92. The fourth-order valence-electron chi connectivity index (χ4n) is 3.73. The van der Waals surface area contributed by atoms with Crippen LogP contribution in [0.4, 0.5) is 17.5 Å². The molecule has 0 spiro atoms. The lowest BCUT2D eigenvalue weighted by Gasteiger charge is -2.30. The molecule has 0 radical (unpaired) electrons. The Bertz CT molecular complexity index is 865. The van der Waals surface area contributed by atoms with Crippen molar-refractivity contribution in [2.24, 2.45) is 10.7 Å². The monoisotopic (exact) mass is 428 g/mol. The van der Waals surface area contributed by atoms with Gasteiger partial charge in [-0.25, -0.2) is 15.0 Å². The first-order valence-corrected chi connectivity index (χ1v) is 10.5. The van der Waals surface area contributed by atoms with Gasteiger partial charge in [-0.3, -0.25) is 0 Å².